The number of ketones is 1. The average molecular weight is 394 g/mol. The van der Waals surface area contributed by atoms with Gasteiger partial charge in [-0.1, -0.05) is 40.9 Å². The van der Waals surface area contributed by atoms with Crippen LogP contribution in [0, 0.1) is 0 Å². The third kappa shape index (κ3) is 2.86. The highest BCUT2D eigenvalue weighted by Gasteiger charge is 2.32. The molecule has 0 aliphatic heterocycles. The van der Waals surface area contributed by atoms with Crippen LogP contribution in [0.1, 0.15) is 34.0 Å². The number of fused-ring (bicyclic) bond motifs is 2. The Hall–Kier alpha value is -1.81. The fourth-order valence-electron chi connectivity index (χ4n) is 3.31. The maximum absolute atomic E-state index is 12.7. The van der Waals surface area contributed by atoms with Gasteiger partial charge in [0.15, 0.2) is 5.78 Å². The van der Waals surface area contributed by atoms with Gasteiger partial charge in [-0.3, -0.25) is 9.59 Å². The molecule has 0 N–H and O–H groups in total. The van der Waals surface area contributed by atoms with Gasteiger partial charge in [0, 0.05) is 27.9 Å². The van der Waals surface area contributed by atoms with Gasteiger partial charge >= 0.3 is 0 Å². The predicted molar refractivity (Wildman–Crippen MR) is 99.3 cm³/mol. The standard InChI is InChI=1S/C19H11Cl3O3/c20-10-2-4-16-13(7-10)19(24)18-15(23)5-9(6-17(18)25-16)12-3-1-11(21)8-14(12)22/h1-4,7-9H,5-6H2. The van der Waals surface area contributed by atoms with Crippen LogP contribution in [-0.2, 0) is 6.42 Å². The molecule has 0 saturated heterocycles. The van der Waals surface area contributed by atoms with E-state index < -0.39 is 0 Å². The van der Waals surface area contributed by atoms with Crippen molar-refractivity contribution in [2.75, 3.05) is 0 Å². The van der Waals surface area contributed by atoms with Crippen molar-refractivity contribution in [1.82, 2.24) is 0 Å². The zero-order valence-corrected chi connectivity index (χ0v) is 15.1. The summed E-state index contributed by atoms with van der Waals surface area (Å²) in [6.45, 7) is 0. The summed E-state index contributed by atoms with van der Waals surface area (Å²) in [5.41, 5.74) is 1.04. The number of hydrogen-bond donors (Lipinski definition) is 0. The Morgan fingerprint density at radius 3 is 2.40 bits per heavy atom. The number of hydrogen-bond acceptors (Lipinski definition) is 3. The number of carbonyl (C=O) groups is 1. The Morgan fingerprint density at radius 2 is 1.64 bits per heavy atom. The highest BCUT2D eigenvalue weighted by atomic mass is 35.5. The van der Waals surface area contributed by atoms with Crippen molar-refractivity contribution >= 4 is 51.6 Å². The molecular formula is C19H11Cl3O3. The molecule has 0 spiro atoms. The zero-order chi connectivity index (χ0) is 17.7. The van der Waals surface area contributed by atoms with Crippen LogP contribution in [0.5, 0.6) is 0 Å². The first kappa shape index (κ1) is 16.6. The van der Waals surface area contributed by atoms with Gasteiger partial charge in [-0.05, 0) is 41.8 Å². The molecule has 1 heterocycles. The molecule has 3 aromatic rings. The minimum atomic E-state index is -0.329. The number of halogens is 3. The molecule has 2 aromatic carbocycles. The lowest BCUT2D eigenvalue weighted by Crippen LogP contribution is -2.26. The van der Waals surface area contributed by atoms with Crippen molar-refractivity contribution in [3.8, 4) is 0 Å². The number of benzene rings is 2. The molecule has 126 valence electrons. The summed E-state index contributed by atoms with van der Waals surface area (Å²) in [6, 6.07) is 10.0. The molecule has 0 amide bonds. The zero-order valence-electron chi connectivity index (χ0n) is 12.8. The van der Waals surface area contributed by atoms with E-state index in [1.807, 2.05) is 6.07 Å². The Labute approximate surface area is 158 Å². The first-order valence-electron chi connectivity index (χ1n) is 7.67. The molecule has 25 heavy (non-hydrogen) atoms. The smallest absolute Gasteiger partial charge is 0.203 e. The summed E-state index contributed by atoms with van der Waals surface area (Å²) < 4.78 is 5.86. The maximum atomic E-state index is 12.7. The minimum Gasteiger partial charge on any atom is -0.460 e. The fraction of sp³-hybridized carbons (Fsp3) is 0.158. The predicted octanol–water partition coefficient (Wildman–Crippen LogP) is 5.67. The van der Waals surface area contributed by atoms with Crippen molar-refractivity contribution in [2.24, 2.45) is 0 Å². The van der Waals surface area contributed by atoms with E-state index in [0.717, 1.165) is 5.56 Å². The Kier molecular flexibility index (Phi) is 4.11. The quantitative estimate of drug-likeness (QED) is 0.535. The Bertz CT molecular complexity index is 1090. The molecule has 3 nitrogen and oxygen atoms in total. The van der Waals surface area contributed by atoms with Gasteiger partial charge in [-0.2, -0.15) is 0 Å². The normalized spacial score (nSPS) is 16.9. The fourth-order valence-corrected chi connectivity index (χ4v) is 4.05. The van der Waals surface area contributed by atoms with Gasteiger partial charge < -0.3 is 4.42 Å². The summed E-state index contributed by atoms with van der Waals surface area (Å²) in [5, 5.41) is 1.78. The van der Waals surface area contributed by atoms with Crippen molar-refractivity contribution in [1.29, 1.82) is 0 Å². The second-order valence-corrected chi connectivity index (χ2v) is 7.34. The topological polar surface area (TPSA) is 47.3 Å². The van der Waals surface area contributed by atoms with Crippen LogP contribution in [0.2, 0.25) is 15.1 Å². The monoisotopic (exact) mass is 392 g/mol. The van der Waals surface area contributed by atoms with E-state index in [1.54, 1.807) is 24.3 Å². The second-order valence-electron chi connectivity index (χ2n) is 6.06. The van der Waals surface area contributed by atoms with Crippen molar-refractivity contribution < 1.29 is 9.21 Å². The summed E-state index contributed by atoms with van der Waals surface area (Å²) in [4.78, 5) is 25.3. The van der Waals surface area contributed by atoms with Crippen molar-refractivity contribution in [3.63, 3.8) is 0 Å². The van der Waals surface area contributed by atoms with Crippen LogP contribution in [0.3, 0.4) is 0 Å². The van der Waals surface area contributed by atoms with E-state index in [-0.39, 0.29) is 29.1 Å². The van der Waals surface area contributed by atoms with E-state index >= 15 is 0 Å². The molecule has 0 fully saturated rings. The molecule has 1 aromatic heterocycles. The number of rotatable bonds is 1. The highest BCUT2D eigenvalue weighted by molar-refractivity contribution is 6.35. The van der Waals surface area contributed by atoms with Crippen molar-refractivity contribution in [2.45, 2.75) is 18.8 Å². The lowest BCUT2D eigenvalue weighted by atomic mass is 9.82. The largest absolute Gasteiger partial charge is 0.460 e. The van der Waals surface area contributed by atoms with Gasteiger partial charge in [0.25, 0.3) is 0 Å². The molecule has 0 radical (unpaired) electrons. The van der Waals surface area contributed by atoms with E-state index in [4.69, 9.17) is 39.2 Å². The minimum absolute atomic E-state index is 0.121. The third-order valence-corrected chi connectivity index (χ3v) is 5.27. The Balaban J connectivity index is 1.86. The van der Waals surface area contributed by atoms with E-state index in [1.165, 1.54) is 6.07 Å². The summed E-state index contributed by atoms with van der Waals surface area (Å²) in [6.07, 6.45) is 0.626. The molecule has 0 saturated carbocycles. The SMILES string of the molecule is O=C1CC(c2ccc(Cl)cc2Cl)Cc2oc3ccc(Cl)cc3c(=O)c21. The molecule has 0 bridgehead atoms. The van der Waals surface area contributed by atoms with Crippen LogP contribution in [-0.4, -0.2) is 5.78 Å². The second kappa shape index (κ2) is 6.17. The van der Waals surface area contributed by atoms with Crippen LogP contribution < -0.4 is 5.43 Å². The lowest BCUT2D eigenvalue weighted by molar-refractivity contribution is 0.0957. The third-order valence-electron chi connectivity index (χ3n) is 4.47. The molecule has 4 rings (SSSR count). The van der Waals surface area contributed by atoms with Crippen LogP contribution in [0.25, 0.3) is 11.0 Å². The average Bonchev–Trinajstić information content (AvgIpc) is 2.55. The maximum Gasteiger partial charge on any atom is 0.203 e. The van der Waals surface area contributed by atoms with Crippen LogP contribution >= 0.6 is 34.8 Å². The molecular weight excluding hydrogens is 383 g/mol. The van der Waals surface area contributed by atoms with Gasteiger partial charge in [0.1, 0.15) is 16.9 Å². The highest BCUT2D eigenvalue weighted by Crippen LogP contribution is 2.37. The van der Waals surface area contributed by atoms with Gasteiger partial charge in [0.2, 0.25) is 5.43 Å². The first-order valence-corrected chi connectivity index (χ1v) is 8.81. The Morgan fingerprint density at radius 1 is 0.920 bits per heavy atom. The van der Waals surface area contributed by atoms with Gasteiger partial charge in [0.05, 0.1) is 5.39 Å². The van der Waals surface area contributed by atoms with Crippen molar-refractivity contribution in [3.05, 3.63) is 78.6 Å². The van der Waals surface area contributed by atoms with Crippen LogP contribution in [0.4, 0.5) is 0 Å². The molecule has 6 heteroatoms. The van der Waals surface area contributed by atoms with E-state index in [2.05, 4.69) is 0 Å². The summed E-state index contributed by atoms with van der Waals surface area (Å²) in [7, 11) is 0. The molecule has 1 aliphatic rings. The van der Waals surface area contributed by atoms with E-state index in [0.29, 0.717) is 38.2 Å². The molecule has 1 aliphatic carbocycles. The van der Waals surface area contributed by atoms with Crippen LogP contribution in [0.15, 0.2) is 45.6 Å². The number of Topliss-reactive ketones (excluding diaryl/α,β-unsaturated/α-hetero) is 1. The van der Waals surface area contributed by atoms with Gasteiger partial charge in [-0.25, -0.2) is 0 Å². The summed E-state index contributed by atoms with van der Waals surface area (Å²) in [5.74, 6) is -0.00218. The number of carbonyl (C=O) groups excluding carboxylic acids is 1. The molecule has 1 atom stereocenters. The van der Waals surface area contributed by atoms with E-state index in [9.17, 15) is 9.59 Å². The van der Waals surface area contributed by atoms with Gasteiger partial charge in [-0.15, -0.1) is 0 Å². The first-order chi connectivity index (χ1) is 11.9. The summed E-state index contributed by atoms with van der Waals surface area (Å²) >= 11 is 18.2. The lowest BCUT2D eigenvalue weighted by Gasteiger charge is -2.23. The molecule has 1 unspecified atom stereocenters.